The van der Waals surface area contributed by atoms with E-state index in [1.54, 1.807) is 0 Å². The maximum Gasteiger partial charge on any atom is 0.137 e. The van der Waals surface area contributed by atoms with E-state index in [-0.39, 0.29) is 0 Å². The molecule has 0 saturated heterocycles. The predicted molar refractivity (Wildman–Crippen MR) is 84.1 cm³/mol. The zero-order chi connectivity index (χ0) is 14.1. The zero-order valence-corrected chi connectivity index (χ0v) is 12.4. The lowest BCUT2D eigenvalue weighted by atomic mass is 10.1. The van der Waals surface area contributed by atoms with Crippen molar-refractivity contribution >= 4 is 5.65 Å². The second-order valence-corrected chi connectivity index (χ2v) is 5.46. The van der Waals surface area contributed by atoms with Gasteiger partial charge in [0, 0.05) is 11.8 Å². The van der Waals surface area contributed by atoms with E-state index in [0.717, 1.165) is 24.2 Å². The van der Waals surface area contributed by atoms with E-state index in [9.17, 15) is 0 Å². The van der Waals surface area contributed by atoms with Crippen molar-refractivity contribution in [3.05, 3.63) is 59.4 Å². The number of benzene rings is 1. The lowest BCUT2D eigenvalue weighted by molar-refractivity contribution is 0.868. The molecule has 0 bridgehead atoms. The number of imidazole rings is 1. The third-order valence-electron chi connectivity index (χ3n) is 3.68. The topological polar surface area (TPSA) is 17.3 Å². The number of hydrogen-bond acceptors (Lipinski definition) is 1. The summed E-state index contributed by atoms with van der Waals surface area (Å²) in [6.07, 6.45) is 4.36. The number of hydrogen-bond donors (Lipinski definition) is 0. The summed E-state index contributed by atoms with van der Waals surface area (Å²) in [6, 6.07) is 12.9. The highest BCUT2D eigenvalue weighted by Gasteiger charge is 2.13. The summed E-state index contributed by atoms with van der Waals surface area (Å²) in [6.45, 7) is 6.46. The predicted octanol–water partition coefficient (Wildman–Crippen LogP) is 4.57. The fourth-order valence-corrected chi connectivity index (χ4v) is 2.62. The van der Waals surface area contributed by atoms with Gasteiger partial charge in [-0.05, 0) is 31.9 Å². The Bertz CT molecular complexity index is 736. The van der Waals surface area contributed by atoms with E-state index in [4.69, 9.17) is 4.98 Å². The van der Waals surface area contributed by atoms with Crippen LogP contribution < -0.4 is 0 Å². The second kappa shape index (κ2) is 5.12. The van der Waals surface area contributed by atoms with Gasteiger partial charge in [-0.15, -0.1) is 0 Å². The molecule has 0 saturated carbocycles. The number of pyridine rings is 1. The molecule has 2 heterocycles. The lowest BCUT2D eigenvalue weighted by Crippen LogP contribution is -1.95. The zero-order valence-electron chi connectivity index (χ0n) is 12.4. The molecule has 0 atom stereocenters. The molecule has 2 aromatic heterocycles. The first kappa shape index (κ1) is 12.9. The van der Waals surface area contributed by atoms with E-state index in [1.807, 2.05) is 0 Å². The molecular formula is C18H20N2. The molecule has 0 aliphatic carbocycles. The standard InChI is InChI=1S/C18H20N2/c1-4-5-16-18(15-9-6-13(2)7-10-15)19-17-11-8-14(3)12-20(16)17/h6-12H,4-5H2,1-3H3. The minimum atomic E-state index is 1.04. The van der Waals surface area contributed by atoms with Gasteiger partial charge < -0.3 is 4.40 Å². The van der Waals surface area contributed by atoms with E-state index < -0.39 is 0 Å². The van der Waals surface area contributed by atoms with E-state index in [2.05, 4.69) is 67.8 Å². The molecule has 0 aliphatic heterocycles. The fourth-order valence-electron chi connectivity index (χ4n) is 2.62. The average Bonchev–Trinajstić information content (AvgIpc) is 2.79. The van der Waals surface area contributed by atoms with Crippen LogP contribution in [0, 0.1) is 13.8 Å². The SMILES string of the molecule is CCCc1c(-c2ccc(C)cc2)nc2ccc(C)cn12. The maximum atomic E-state index is 4.84. The van der Waals surface area contributed by atoms with Gasteiger partial charge in [0.2, 0.25) is 0 Å². The van der Waals surface area contributed by atoms with Crippen LogP contribution in [0.3, 0.4) is 0 Å². The molecule has 0 N–H and O–H groups in total. The number of rotatable bonds is 3. The molecular weight excluding hydrogens is 244 g/mol. The molecule has 2 heteroatoms. The van der Waals surface area contributed by atoms with Crippen molar-refractivity contribution in [2.45, 2.75) is 33.6 Å². The van der Waals surface area contributed by atoms with Crippen LogP contribution in [-0.2, 0) is 6.42 Å². The van der Waals surface area contributed by atoms with Crippen molar-refractivity contribution in [1.29, 1.82) is 0 Å². The van der Waals surface area contributed by atoms with Crippen LogP contribution in [0.4, 0.5) is 0 Å². The summed E-state index contributed by atoms with van der Waals surface area (Å²) in [5.74, 6) is 0. The summed E-state index contributed by atoms with van der Waals surface area (Å²) in [5.41, 5.74) is 7.23. The van der Waals surface area contributed by atoms with Crippen molar-refractivity contribution in [1.82, 2.24) is 9.38 Å². The van der Waals surface area contributed by atoms with Crippen LogP contribution in [0.15, 0.2) is 42.6 Å². The Balaban J connectivity index is 2.23. The number of nitrogens with zero attached hydrogens (tertiary/aromatic N) is 2. The van der Waals surface area contributed by atoms with Gasteiger partial charge in [-0.25, -0.2) is 4.98 Å². The number of fused-ring (bicyclic) bond motifs is 1. The largest absolute Gasteiger partial charge is 0.303 e. The second-order valence-electron chi connectivity index (χ2n) is 5.46. The summed E-state index contributed by atoms with van der Waals surface area (Å²) in [4.78, 5) is 4.84. The minimum Gasteiger partial charge on any atom is -0.303 e. The third kappa shape index (κ3) is 2.22. The van der Waals surface area contributed by atoms with Crippen molar-refractivity contribution in [3.63, 3.8) is 0 Å². The molecule has 0 spiro atoms. The summed E-state index contributed by atoms with van der Waals surface area (Å²) < 4.78 is 2.24. The van der Waals surface area contributed by atoms with Crippen LogP contribution >= 0.6 is 0 Å². The molecule has 0 unspecified atom stereocenters. The van der Waals surface area contributed by atoms with Crippen molar-refractivity contribution in [2.24, 2.45) is 0 Å². The Hall–Kier alpha value is -2.09. The molecule has 2 nitrogen and oxygen atoms in total. The molecule has 3 rings (SSSR count). The molecule has 102 valence electrons. The van der Waals surface area contributed by atoms with Crippen molar-refractivity contribution < 1.29 is 0 Å². The van der Waals surface area contributed by atoms with Gasteiger partial charge in [-0.2, -0.15) is 0 Å². The molecule has 3 aromatic rings. The van der Waals surface area contributed by atoms with Crippen molar-refractivity contribution in [2.75, 3.05) is 0 Å². The van der Waals surface area contributed by atoms with Crippen LogP contribution in [0.5, 0.6) is 0 Å². The highest BCUT2D eigenvalue weighted by Crippen LogP contribution is 2.26. The van der Waals surface area contributed by atoms with E-state index in [0.29, 0.717) is 0 Å². The Labute approximate surface area is 120 Å². The highest BCUT2D eigenvalue weighted by atomic mass is 15.0. The molecule has 1 aromatic carbocycles. The monoisotopic (exact) mass is 264 g/mol. The first-order valence-electron chi connectivity index (χ1n) is 7.23. The first-order chi connectivity index (χ1) is 9.69. The quantitative estimate of drug-likeness (QED) is 0.677. The van der Waals surface area contributed by atoms with Crippen LogP contribution in [0.2, 0.25) is 0 Å². The van der Waals surface area contributed by atoms with Gasteiger partial charge >= 0.3 is 0 Å². The van der Waals surface area contributed by atoms with Gasteiger partial charge in [-0.1, -0.05) is 49.2 Å². The Kier molecular flexibility index (Phi) is 3.31. The Morgan fingerprint density at radius 1 is 0.950 bits per heavy atom. The molecule has 0 amide bonds. The minimum absolute atomic E-state index is 1.04. The van der Waals surface area contributed by atoms with Gasteiger partial charge in [0.15, 0.2) is 0 Å². The Morgan fingerprint density at radius 2 is 1.65 bits per heavy atom. The average molecular weight is 264 g/mol. The molecule has 0 fully saturated rings. The molecule has 0 aliphatic rings. The Morgan fingerprint density at radius 3 is 2.35 bits per heavy atom. The van der Waals surface area contributed by atoms with Gasteiger partial charge in [0.25, 0.3) is 0 Å². The van der Waals surface area contributed by atoms with Gasteiger partial charge in [0.1, 0.15) is 5.65 Å². The molecule has 20 heavy (non-hydrogen) atoms. The van der Waals surface area contributed by atoms with Gasteiger partial charge in [-0.3, -0.25) is 0 Å². The number of aromatic nitrogens is 2. The van der Waals surface area contributed by atoms with E-state index in [1.165, 1.54) is 22.4 Å². The van der Waals surface area contributed by atoms with Crippen LogP contribution in [0.1, 0.15) is 30.2 Å². The lowest BCUT2D eigenvalue weighted by Gasteiger charge is -2.05. The van der Waals surface area contributed by atoms with Gasteiger partial charge in [0.05, 0.1) is 11.4 Å². The summed E-state index contributed by atoms with van der Waals surface area (Å²) in [5, 5.41) is 0. The normalized spacial score (nSPS) is 11.2. The summed E-state index contributed by atoms with van der Waals surface area (Å²) >= 11 is 0. The maximum absolute atomic E-state index is 4.84. The third-order valence-corrected chi connectivity index (χ3v) is 3.68. The summed E-state index contributed by atoms with van der Waals surface area (Å²) in [7, 11) is 0. The fraction of sp³-hybridized carbons (Fsp3) is 0.278. The molecule has 0 radical (unpaired) electrons. The van der Waals surface area contributed by atoms with Crippen molar-refractivity contribution in [3.8, 4) is 11.3 Å². The first-order valence-corrected chi connectivity index (χ1v) is 7.23. The van der Waals surface area contributed by atoms with E-state index >= 15 is 0 Å². The smallest absolute Gasteiger partial charge is 0.137 e. The highest BCUT2D eigenvalue weighted by molar-refractivity contribution is 5.67. The van der Waals surface area contributed by atoms with Crippen LogP contribution in [0.25, 0.3) is 16.9 Å². The number of aryl methyl sites for hydroxylation is 3. The van der Waals surface area contributed by atoms with Crippen LogP contribution in [-0.4, -0.2) is 9.38 Å².